The van der Waals surface area contributed by atoms with Crippen molar-refractivity contribution in [3.05, 3.63) is 0 Å². The molecule has 0 aromatic carbocycles. The third-order valence-electron chi connectivity index (χ3n) is 1.74. The number of amides is 1. The third kappa shape index (κ3) is 1.01. The van der Waals surface area contributed by atoms with Crippen LogP contribution in [0.4, 0.5) is 0 Å². The number of nitrogens with two attached hydrogens (primary N) is 1. The van der Waals surface area contributed by atoms with E-state index in [9.17, 15) is 14.4 Å². The molecule has 2 atom stereocenters. The van der Waals surface area contributed by atoms with Crippen molar-refractivity contribution in [2.75, 3.05) is 0 Å². The summed E-state index contributed by atoms with van der Waals surface area (Å²) in [7, 11) is 0. The first-order valence-corrected chi connectivity index (χ1v) is 3.19. The van der Waals surface area contributed by atoms with Crippen molar-refractivity contribution in [3.63, 3.8) is 0 Å². The fourth-order valence-electron chi connectivity index (χ4n) is 1.07. The van der Waals surface area contributed by atoms with Crippen molar-refractivity contribution in [3.8, 4) is 0 Å². The minimum absolute atomic E-state index is 1.03. The Labute approximate surface area is 67.0 Å². The normalized spacial score (nSPS) is 35.7. The second kappa shape index (κ2) is 2.65. The minimum Gasteiger partial charge on any atom is -0.382 e. The zero-order chi connectivity index (χ0) is 9.46. The van der Waals surface area contributed by atoms with Gasteiger partial charge in [0.25, 0.3) is 0 Å². The fraction of sp³-hybridized carbons (Fsp3) is 0.500. The van der Waals surface area contributed by atoms with Crippen molar-refractivity contribution in [2.24, 2.45) is 11.7 Å². The van der Waals surface area contributed by atoms with Gasteiger partial charge in [0.05, 0.1) is 0 Å². The van der Waals surface area contributed by atoms with Crippen molar-refractivity contribution >= 4 is 17.5 Å². The summed E-state index contributed by atoms with van der Waals surface area (Å²) in [6, 6.07) is 0. The molecular weight excluding hydrogens is 166 g/mol. The van der Waals surface area contributed by atoms with E-state index in [1.807, 2.05) is 0 Å². The van der Waals surface area contributed by atoms with E-state index in [2.05, 4.69) is 0 Å². The molecule has 66 valence electrons. The SMILES string of the molecule is NC(=O)C1C(=O)C(O)C(O)C1=O. The summed E-state index contributed by atoms with van der Waals surface area (Å²) >= 11 is 0. The van der Waals surface area contributed by atoms with Gasteiger partial charge in [0.15, 0.2) is 17.5 Å². The summed E-state index contributed by atoms with van der Waals surface area (Å²) < 4.78 is 0. The van der Waals surface area contributed by atoms with Crippen LogP contribution < -0.4 is 5.73 Å². The van der Waals surface area contributed by atoms with Crippen LogP contribution in [0.5, 0.6) is 0 Å². The Balaban J connectivity index is 2.99. The molecule has 6 nitrogen and oxygen atoms in total. The Kier molecular flexibility index (Phi) is 1.95. The van der Waals surface area contributed by atoms with E-state index in [0.29, 0.717) is 0 Å². The summed E-state index contributed by atoms with van der Waals surface area (Å²) in [6.07, 6.45) is -3.62. The lowest BCUT2D eigenvalue weighted by Crippen LogP contribution is -2.33. The molecule has 0 heterocycles. The van der Waals surface area contributed by atoms with Crippen LogP contribution in [-0.2, 0) is 14.4 Å². The fourth-order valence-corrected chi connectivity index (χ4v) is 1.07. The van der Waals surface area contributed by atoms with Crippen LogP contribution in [-0.4, -0.2) is 39.9 Å². The lowest BCUT2D eigenvalue weighted by molar-refractivity contribution is -0.137. The van der Waals surface area contributed by atoms with E-state index >= 15 is 0 Å². The number of hydrogen-bond acceptors (Lipinski definition) is 5. The number of carbonyl (C=O) groups excluding carboxylic acids is 3. The smallest absolute Gasteiger partial charge is 0.235 e. The summed E-state index contributed by atoms with van der Waals surface area (Å²) in [5, 5.41) is 17.7. The van der Waals surface area contributed by atoms with Gasteiger partial charge in [-0.1, -0.05) is 0 Å². The van der Waals surface area contributed by atoms with Crippen molar-refractivity contribution in [1.29, 1.82) is 0 Å². The quantitative estimate of drug-likeness (QED) is 0.364. The van der Waals surface area contributed by atoms with E-state index in [1.165, 1.54) is 0 Å². The average molecular weight is 173 g/mol. The Hall–Kier alpha value is -1.27. The van der Waals surface area contributed by atoms with Gasteiger partial charge in [0.2, 0.25) is 5.91 Å². The molecule has 0 spiro atoms. The standard InChI is InChI=1S/C6H7NO5/c7-6(12)1-2(8)4(10)5(11)3(1)9/h1,4-5,10-11H,(H2,7,12). The monoisotopic (exact) mass is 173 g/mol. The molecule has 1 fully saturated rings. The van der Waals surface area contributed by atoms with Gasteiger partial charge in [-0.25, -0.2) is 0 Å². The summed E-state index contributed by atoms with van der Waals surface area (Å²) in [5.74, 6) is -4.88. The number of Topliss-reactive ketones (excluding diaryl/α,β-unsaturated/α-hetero) is 2. The van der Waals surface area contributed by atoms with Gasteiger partial charge in [0.1, 0.15) is 12.2 Å². The molecule has 0 aromatic rings. The van der Waals surface area contributed by atoms with Gasteiger partial charge in [-0.3, -0.25) is 14.4 Å². The maximum atomic E-state index is 10.8. The average Bonchev–Trinajstić information content (AvgIpc) is 2.16. The van der Waals surface area contributed by atoms with E-state index < -0.39 is 35.6 Å². The lowest BCUT2D eigenvalue weighted by Gasteiger charge is -2.00. The summed E-state index contributed by atoms with van der Waals surface area (Å²) in [4.78, 5) is 32.1. The molecule has 1 aliphatic rings. The molecule has 1 rings (SSSR count). The molecule has 6 heteroatoms. The predicted molar refractivity (Wildman–Crippen MR) is 34.7 cm³/mol. The zero-order valence-corrected chi connectivity index (χ0v) is 5.93. The van der Waals surface area contributed by atoms with Crippen LogP contribution in [0.25, 0.3) is 0 Å². The summed E-state index contributed by atoms with van der Waals surface area (Å²) in [6.45, 7) is 0. The molecule has 0 radical (unpaired) electrons. The molecule has 1 saturated carbocycles. The molecule has 1 aliphatic carbocycles. The van der Waals surface area contributed by atoms with Gasteiger partial charge < -0.3 is 15.9 Å². The molecular formula is C6H7NO5. The molecule has 0 saturated heterocycles. The Morgan fingerprint density at radius 1 is 1.17 bits per heavy atom. The second-order valence-corrected chi connectivity index (χ2v) is 2.53. The Bertz CT molecular complexity index is 241. The number of rotatable bonds is 1. The van der Waals surface area contributed by atoms with Crippen LogP contribution in [0, 0.1) is 5.92 Å². The highest BCUT2D eigenvalue weighted by Crippen LogP contribution is 2.18. The number of aliphatic hydroxyl groups is 2. The van der Waals surface area contributed by atoms with E-state index in [1.54, 1.807) is 0 Å². The van der Waals surface area contributed by atoms with Gasteiger partial charge in [-0.15, -0.1) is 0 Å². The molecule has 1 amide bonds. The molecule has 0 bridgehead atoms. The molecule has 0 aromatic heterocycles. The van der Waals surface area contributed by atoms with Gasteiger partial charge in [-0.05, 0) is 0 Å². The largest absolute Gasteiger partial charge is 0.382 e. The van der Waals surface area contributed by atoms with E-state index in [-0.39, 0.29) is 0 Å². The maximum absolute atomic E-state index is 10.8. The van der Waals surface area contributed by atoms with Crippen molar-refractivity contribution < 1.29 is 24.6 Å². The highest BCUT2D eigenvalue weighted by Gasteiger charge is 2.50. The first-order chi connectivity index (χ1) is 5.46. The van der Waals surface area contributed by atoms with Crippen LogP contribution in [0.2, 0.25) is 0 Å². The predicted octanol–water partition coefficient (Wildman–Crippen LogP) is -3.04. The van der Waals surface area contributed by atoms with Crippen LogP contribution in [0.1, 0.15) is 0 Å². The van der Waals surface area contributed by atoms with E-state index in [4.69, 9.17) is 15.9 Å². The highest BCUT2D eigenvalue weighted by molar-refractivity contribution is 6.25. The third-order valence-corrected chi connectivity index (χ3v) is 1.74. The zero-order valence-electron chi connectivity index (χ0n) is 5.93. The number of ketones is 2. The topological polar surface area (TPSA) is 118 Å². The highest BCUT2D eigenvalue weighted by atomic mass is 16.3. The van der Waals surface area contributed by atoms with Crippen molar-refractivity contribution in [2.45, 2.75) is 12.2 Å². The van der Waals surface area contributed by atoms with Crippen LogP contribution >= 0.6 is 0 Å². The Morgan fingerprint density at radius 2 is 1.50 bits per heavy atom. The number of carbonyl (C=O) groups is 3. The lowest BCUT2D eigenvalue weighted by atomic mass is 10.1. The van der Waals surface area contributed by atoms with Gasteiger partial charge in [0, 0.05) is 0 Å². The van der Waals surface area contributed by atoms with Gasteiger partial charge >= 0.3 is 0 Å². The molecule has 12 heavy (non-hydrogen) atoms. The Morgan fingerprint density at radius 3 is 1.67 bits per heavy atom. The minimum atomic E-state index is -1.81. The molecule has 0 aliphatic heterocycles. The molecule has 4 N–H and O–H groups in total. The number of hydrogen-bond donors (Lipinski definition) is 3. The van der Waals surface area contributed by atoms with Crippen molar-refractivity contribution in [1.82, 2.24) is 0 Å². The van der Waals surface area contributed by atoms with E-state index in [0.717, 1.165) is 0 Å². The maximum Gasteiger partial charge on any atom is 0.235 e. The number of primary amides is 1. The van der Waals surface area contributed by atoms with Crippen LogP contribution in [0.3, 0.4) is 0 Å². The first kappa shape index (κ1) is 8.82. The number of aliphatic hydroxyl groups excluding tert-OH is 2. The first-order valence-electron chi connectivity index (χ1n) is 3.19. The summed E-state index contributed by atoms with van der Waals surface area (Å²) in [5.41, 5.74) is 4.70. The molecule has 2 unspecified atom stereocenters. The second-order valence-electron chi connectivity index (χ2n) is 2.53. The van der Waals surface area contributed by atoms with Gasteiger partial charge in [-0.2, -0.15) is 0 Å². The van der Waals surface area contributed by atoms with Crippen LogP contribution in [0.15, 0.2) is 0 Å².